The fourth-order valence-electron chi connectivity index (χ4n) is 3.12. The van der Waals surface area contributed by atoms with Crippen LogP contribution in [0.25, 0.3) is 22.4 Å². The summed E-state index contributed by atoms with van der Waals surface area (Å²) in [6, 6.07) is 5.66. The zero-order valence-corrected chi connectivity index (χ0v) is 18.7. The fourth-order valence-corrected chi connectivity index (χ4v) is 3.23. The molecule has 0 aliphatic heterocycles. The number of benzene rings is 1. The van der Waals surface area contributed by atoms with Gasteiger partial charge in [0.2, 0.25) is 5.91 Å². The highest BCUT2D eigenvalue weighted by atomic mass is 35.5. The highest BCUT2D eigenvalue weighted by Gasteiger charge is 2.31. The van der Waals surface area contributed by atoms with Crippen LogP contribution >= 0.6 is 11.6 Å². The standard InChI is InChI=1S/C22H22ClF3N4O3/c1-13(2)28-18(31)12-30-20(14-5-3-6-15(9-14)22(24,25)26)29-19-17(21(30)32)10-16(11-27-19)33-8-4-7-23/h3,5-6,9-11,13H,4,7-8,12H2,1-2H3,(H,28,31). The highest BCUT2D eigenvalue weighted by Crippen LogP contribution is 2.32. The lowest BCUT2D eigenvalue weighted by Crippen LogP contribution is -2.37. The molecular weight excluding hydrogens is 461 g/mol. The molecule has 1 aromatic carbocycles. The van der Waals surface area contributed by atoms with Gasteiger partial charge in [-0.1, -0.05) is 12.1 Å². The van der Waals surface area contributed by atoms with Crippen LogP contribution in [0.1, 0.15) is 25.8 Å². The van der Waals surface area contributed by atoms with Crippen LogP contribution < -0.4 is 15.6 Å². The summed E-state index contributed by atoms with van der Waals surface area (Å²) in [5, 5.41) is 2.74. The van der Waals surface area contributed by atoms with Gasteiger partial charge in [-0.2, -0.15) is 13.2 Å². The van der Waals surface area contributed by atoms with E-state index in [0.717, 1.165) is 16.7 Å². The van der Waals surface area contributed by atoms with E-state index in [9.17, 15) is 22.8 Å². The lowest BCUT2D eigenvalue weighted by Gasteiger charge is -2.16. The lowest BCUT2D eigenvalue weighted by atomic mass is 10.1. The number of ether oxygens (including phenoxy) is 1. The monoisotopic (exact) mass is 482 g/mol. The van der Waals surface area contributed by atoms with Crippen LogP contribution in [-0.2, 0) is 17.5 Å². The van der Waals surface area contributed by atoms with Gasteiger partial charge in [-0.05, 0) is 38.5 Å². The van der Waals surface area contributed by atoms with Crippen LogP contribution in [0.4, 0.5) is 13.2 Å². The first kappa shape index (κ1) is 24.5. The number of hydrogen-bond donors (Lipinski definition) is 1. The Morgan fingerprint density at radius 2 is 2.03 bits per heavy atom. The number of pyridine rings is 1. The van der Waals surface area contributed by atoms with Gasteiger partial charge in [-0.15, -0.1) is 11.6 Å². The molecule has 33 heavy (non-hydrogen) atoms. The summed E-state index contributed by atoms with van der Waals surface area (Å²) in [6.45, 7) is 3.39. The summed E-state index contributed by atoms with van der Waals surface area (Å²) >= 11 is 5.64. The third-order valence-electron chi connectivity index (χ3n) is 4.53. The molecule has 0 atom stereocenters. The van der Waals surface area contributed by atoms with E-state index < -0.39 is 29.8 Å². The Labute approximate surface area is 192 Å². The molecule has 0 radical (unpaired) electrons. The van der Waals surface area contributed by atoms with Crippen molar-refractivity contribution < 1.29 is 22.7 Å². The molecule has 3 aromatic rings. The van der Waals surface area contributed by atoms with E-state index in [4.69, 9.17) is 16.3 Å². The summed E-state index contributed by atoms with van der Waals surface area (Å²) in [5.74, 6) is 0.141. The highest BCUT2D eigenvalue weighted by molar-refractivity contribution is 6.17. The minimum Gasteiger partial charge on any atom is -0.492 e. The van der Waals surface area contributed by atoms with Crippen molar-refractivity contribution >= 4 is 28.5 Å². The van der Waals surface area contributed by atoms with Gasteiger partial charge in [0.1, 0.15) is 18.1 Å². The molecule has 1 N–H and O–H groups in total. The molecule has 0 aliphatic carbocycles. The molecule has 0 spiro atoms. The van der Waals surface area contributed by atoms with Crippen molar-refractivity contribution in [2.75, 3.05) is 12.5 Å². The molecule has 0 saturated carbocycles. The molecule has 0 bridgehead atoms. The van der Waals surface area contributed by atoms with Crippen molar-refractivity contribution in [2.45, 2.75) is 39.0 Å². The van der Waals surface area contributed by atoms with Crippen LogP contribution in [0.3, 0.4) is 0 Å². The molecule has 2 heterocycles. The lowest BCUT2D eigenvalue weighted by molar-refractivity contribution is -0.137. The number of rotatable bonds is 8. The zero-order valence-electron chi connectivity index (χ0n) is 17.9. The van der Waals surface area contributed by atoms with Crippen molar-refractivity contribution in [1.29, 1.82) is 0 Å². The second kappa shape index (κ2) is 10.2. The smallest absolute Gasteiger partial charge is 0.416 e. The predicted molar refractivity (Wildman–Crippen MR) is 118 cm³/mol. The number of fused-ring (bicyclic) bond motifs is 1. The summed E-state index contributed by atoms with van der Waals surface area (Å²) in [6.07, 6.45) is -2.62. The Morgan fingerprint density at radius 1 is 1.27 bits per heavy atom. The number of hydrogen-bond acceptors (Lipinski definition) is 5. The summed E-state index contributed by atoms with van der Waals surface area (Å²) in [5.41, 5.74) is -1.46. The third-order valence-corrected chi connectivity index (χ3v) is 4.80. The van der Waals surface area contributed by atoms with Crippen LogP contribution in [0.2, 0.25) is 0 Å². The largest absolute Gasteiger partial charge is 0.492 e. The number of carbonyl (C=O) groups is 1. The fraction of sp³-hybridized carbons (Fsp3) is 0.364. The van der Waals surface area contributed by atoms with Gasteiger partial charge in [0.25, 0.3) is 5.56 Å². The molecular formula is C22H22ClF3N4O3. The number of aromatic nitrogens is 3. The molecule has 0 unspecified atom stereocenters. The molecule has 176 valence electrons. The van der Waals surface area contributed by atoms with E-state index >= 15 is 0 Å². The molecule has 2 aromatic heterocycles. The number of halogens is 4. The normalized spacial score (nSPS) is 11.7. The Hall–Kier alpha value is -3.14. The Balaban J connectivity index is 2.16. The maximum Gasteiger partial charge on any atom is 0.416 e. The average Bonchev–Trinajstić information content (AvgIpc) is 2.75. The summed E-state index contributed by atoms with van der Waals surface area (Å²) in [7, 11) is 0. The maximum atomic E-state index is 13.3. The molecule has 0 saturated heterocycles. The quantitative estimate of drug-likeness (QED) is 0.387. The Bertz CT molecular complexity index is 1210. The van der Waals surface area contributed by atoms with Gasteiger partial charge < -0.3 is 10.1 Å². The average molecular weight is 483 g/mol. The molecule has 0 aliphatic rings. The first-order valence-electron chi connectivity index (χ1n) is 10.2. The zero-order chi connectivity index (χ0) is 24.2. The predicted octanol–water partition coefficient (Wildman–Crippen LogP) is 4.01. The summed E-state index contributed by atoms with van der Waals surface area (Å²) in [4.78, 5) is 34.2. The van der Waals surface area contributed by atoms with Gasteiger partial charge in [-0.25, -0.2) is 9.97 Å². The maximum absolute atomic E-state index is 13.3. The second-order valence-electron chi connectivity index (χ2n) is 7.56. The van der Waals surface area contributed by atoms with Crippen LogP contribution in [0, 0.1) is 0 Å². The molecule has 0 fully saturated rings. The number of carbonyl (C=O) groups excluding carboxylic acids is 1. The molecule has 11 heteroatoms. The number of nitrogens with one attached hydrogen (secondary N) is 1. The van der Waals surface area contributed by atoms with Crippen molar-refractivity contribution in [3.8, 4) is 17.1 Å². The Kier molecular flexibility index (Phi) is 7.57. The van der Waals surface area contributed by atoms with Crippen molar-refractivity contribution in [3.63, 3.8) is 0 Å². The van der Waals surface area contributed by atoms with Crippen molar-refractivity contribution in [1.82, 2.24) is 19.9 Å². The van der Waals surface area contributed by atoms with E-state index in [1.807, 2.05) is 0 Å². The molecule has 7 nitrogen and oxygen atoms in total. The topological polar surface area (TPSA) is 86.1 Å². The third kappa shape index (κ3) is 6.01. The molecule has 1 amide bonds. The minimum atomic E-state index is -4.58. The molecule has 3 rings (SSSR count). The van der Waals surface area contributed by atoms with E-state index in [0.29, 0.717) is 24.7 Å². The first-order valence-corrected chi connectivity index (χ1v) is 10.7. The van der Waals surface area contributed by atoms with E-state index in [1.165, 1.54) is 24.4 Å². The number of amides is 1. The van der Waals surface area contributed by atoms with Gasteiger partial charge in [0.15, 0.2) is 5.65 Å². The van der Waals surface area contributed by atoms with Gasteiger partial charge in [0.05, 0.1) is 23.8 Å². The van der Waals surface area contributed by atoms with E-state index in [1.54, 1.807) is 13.8 Å². The Morgan fingerprint density at radius 3 is 2.70 bits per heavy atom. The SMILES string of the molecule is CC(C)NC(=O)Cn1c(-c2cccc(C(F)(F)F)c2)nc2ncc(OCCCCl)cc2c1=O. The van der Waals surface area contributed by atoms with Gasteiger partial charge in [0, 0.05) is 17.5 Å². The van der Waals surface area contributed by atoms with Crippen molar-refractivity contribution in [2.24, 2.45) is 0 Å². The van der Waals surface area contributed by atoms with E-state index in [-0.39, 0.29) is 28.5 Å². The minimum absolute atomic E-state index is 0.0256. The van der Waals surface area contributed by atoms with Crippen LogP contribution in [0.15, 0.2) is 41.3 Å². The van der Waals surface area contributed by atoms with Gasteiger partial charge in [-0.3, -0.25) is 14.2 Å². The number of alkyl halides is 4. The first-order chi connectivity index (χ1) is 15.6. The van der Waals surface area contributed by atoms with Gasteiger partial charge >= 0.3 is 6.18 Å². The van der Waals surface area contributed by atoms with Crippen LogP contribution in [-0.4, -0.2) is 39.0 Å². The van der Waals surface area contributed by atoms with Crippen molar-refractivity contribution in [3.05, 3.63) is 52.4 Å². The van der Waals surface area contributed by atoms with E-state index in [2.05, 4.69) is 15.3 Å². The van der Waals surface area contributed by atoms with Crippen LogP contribution in [0.5, 0.6) is 5.75 Å². The summed E-state index contributed by atoms with van der Waals surface area (Å²) < 4.78 is 46.3. The second-order valence-corrected chi connectivity index (χ2v) is 7.94. The number of nitrogens with zero attached hydrogens (tertiary/aromatic N) is 3.